The van der Waals surface area contributed by atoms with Crippen molar-refractivity contribution in [3.05, 3.63) is 40.6 Å². The molecule has 22 heavy (non-hydrogen) atoms. The lowest BCUT2D eigenvalue weighted by molar-refractivity contribution is 0.190. The number of urea groups is 1. The molecule has 2 N–H and O–H groups in total. The maximum Gasteiger partial charge on any atom is 0.317 e. The number of ether oxygens (including phenoxy) is 1. The van der Waals surface area contributed by atoms with E-state index in [1.807, 2.05) is 24.3 Å². The largest absolute Gasteiger partial charge is 0.497 e. The van der Waals surface area contributed by atoms with Crippen LogP contribution in [0, 0.1) is 0 Å². The van der Waals surface area contributed by atoms with Gasteiger partial charge in [-0.25, -0.2) is 4.79 Å². The SMILES string of the molecule is COc1ccc(-c2csc(CNC(=O)N(C)CCO)c2)cc1. The molecular formula is C16H20N2O3S. The summed E-state index contributed by atoms with van der Waals surface area (Å²) < 4.78 is 5.15. The molecule has 5 nitrogen and oxygen atoms in total. The third-order valence-corrected chi connectivity index (χ3v) is 4.21. The molecule has 0 atom stereocenters. The Morgan fingerprint density at radius 2 is 2.05 bits per heavy atom. The molecule has 6 heteroatoms. The van der Waals surface area contributed by atoms with E-state index >= 15 is 0 Å². The van der Waals surface area contributed by atoms with Crippen LogP contribution in [0.3, 0.4) is 0 Å². The molecule has 0 unspecified atom stereocenters. The predicted octanol–water partition coefficient (Wildman–Crippen LogP) is 2.56. The van der Waals surface area contributed by atoms with E-state index in [2.05, 4.69) is 16.8 Å². The zero-order chi connectivity index (χ0) is 15.9. The Morgan fingerprint density at radius 3 is 2.68 bits per heavy atom. The third-order valence-electron chi connectivity index (χ3n) is 3.27. The lowest BCUT2D eigenvalue weighted by Gasteiger charge is -2.15. The van der Waals surface area contributed by atoms with E-state index < -0.39 is 0 Å². The summed E-state index contributed by atoms with van der Waals surface area (Å²) in [5, 5.41) is 13.7. The summed E-state index contributed by atoms with van der Waals surface area (Å²) in [6, 6.07) is 9.76. The van der Waals surface area contributed by atoms with Gasteiger partial charge in [-0.1, -0.05) is 12.1 Å². The second-order valence-corrected chi connectivity index (χ2v) is 5.83. The Balaban J connectivity index is 1.95. The average Bonchev–Trinajstić information content (AvgIpc) is 3.02. The minimum Gasteiger partial charge on any atom is -0.497 e. The van der Waals surface area contributed by atoms with Crippen LogP contribution in [0.15, 0.2) is 35.7 Å². The molecule has 0 bridgehead atoms. The predicted molar refractivity (Wildman–Crippen MR) is 88.3 cm³/mol. The maximum absolute atomic E-state index is 11.7. The first kappa shape index (κ1) is 16.3. The second kappa shape index (κ2) is 7.82. The van der Waals surface area contributed by atoms with Crippen molar-refractivity contribution in [3.63, 3.8) is 0 Å². The van der Waals surface area contributed by atoms with Crippen molar-refractivity contribution in [1.82, 2.24) is 10.2 Å². The molecule has 0 aliphatic carbocycles. The molecule has 1 aromatic carbocycles. The highest BCUT2D eigenvalue weighted by Gasteiger charge is 2.08. The molecule has 0 fully saturated rings. The van der Waals surface area contributed by atoms with Gasteiger partial charge >= 0.3 is 6.03 Å². The summed E-state index contributed by atoms with van der Waals surface area (Å²) in [5.74, 6) is 0.832. The van der Waals surface area contributed by atoms with Crippen molar-refractivity contribution < 1.29 is 14.6 Å². The number of hydrogen-bond acceptors (Lipinski definition) is 4. The zero-order valence-electron chi connectivity index (χ0n) is 12.7. The molecule has 0 saturated carbocycles. The molecule has 1 aromatic heterocycles. The third kappa shape index (κ3) is 4.22. The molecule has 0 saturated heterocycles. The van der Waals surface area contributed by atoms with Gasteiger partial charge < -0.3 is 20.1 Å². The van der Waals surface area contributed by atoms with Crippen molar-refractivity contribution in [1.29, 1.82) is 0 Å². The van der Waals surface area contributed by atoms with Crippen LogP contribution in [0.1, 0.15) is 4.88 Å². The minimum absolute atomic E-state index is 0.0372. The summed E-state index contributed by atoms with van der Waals surface area (Å²) in [5.41, 5.74) is 2.24. The number of carbonyl (C=O) groups is 1. The number of methoxy groups -OCH3 is 1. The minimum atomic E-state index is -0.187. The number of thiophene rings is 1. The fourth-order valence-corrected chi connectivity index (χ4v) is 2.79. The van der Waals surface area contributed by atoms with Crippen LogP contribution in [0.25, 0.3) is 11.1 Å². The van der Waals surface area contributed by atoms with Crippen LogP contribution in [0.4, 0.5) is 4.79 Å². The van der Waals surface area contributed by atoms with E-state index in [9.17, 15) is 4.79 Å². The van der Waals surface area contributed by atoms with Gasteiger partial charge in [0, 0.05) is 18.5 Å². The van der Waals surface area contributed by atoms with Gasteiger partial charge in [-0.2, -0.15) is 0 Å². The van der Waals surface area contributed by atoms with Gasteiger partial charge in [-0.05, 0) is 34.7 Å². The number of hydrogen-bond donors (Lipinski definition) is 2. The van der Waals surface area contributed by atoms with Gasteiger partial charge in [0.05, 0.1) is 20.3 Å². The van der Waals surface area contributed by atoms with Crippen LogP contribution < -0.4 is 10.1 Å². The summed E-state index contributed by atoms with van der Waals surface area (Å²) in [7, 11) is 3.30. The van der Waals surface area contributed by atoms with E-state index in [0.717, 1.165) is 21.8 Å². The van der Waals surface area contributed by atoms with Crippen LogP contribution >= 0.6 is 11.3 Å². The van der Waals surface area contributed by atoms with Gasteiger partial charge in [0.25, 0.3) is 0 Å². The van der Waals surface area contributed by atoms with Crippen LogP contribution in [-0.4, -0.2) is 43.3 Å². The van der Waals surface area contributed by atoms with Gasteiger partial charge in [0.1, 0.15) is 5.75 Å². The number of amides is 2. The Kier molecular flexibility index (Phi) is 5.80. The monoisotopic (exact) mass is 320 g/mol. The smallest absolute Gasteiger partial charge is 0.317 e. The number of rotatable bonds is 6. The molecule has 118 valence electrons. The Labute approximate surface area is 134 Å². The molecule has 0 aliphatic heterocycles. The van der Waals surface area contributed by atoms with Crippen molar-refractivity contribution in [2.24, 2.45) is 0 Å². The molecule has 1 heterocycles. The lowest BCUT2D eigenvalue weighted by Crippen LogP contribution is -2.38. The quantitative estimate of drug-likeness (QED) is 0.860. The van der Waals surface area contributed by atoms with E-state index in [4.69, 9.17) is 9.84 Å². The van der Waals surface area contributed by atoms with E-state index in [1.165, 1.54) is 4.90 Å². The van der Waals surface area contributed by atoms with Gasteiger partial charge in [-0.3, -0.25) is 0 Å². The second-order valence-electron chi connectivity index (χ2n) is 4.83. The molecule has 2 amide bonds. The van der Waals surface area contributed by atoms with Gasteiger partial charge in [0.2, 0.25) is 0 Å². The molecule has 0 radical (unpaired) electrons. The van der Waals surface area contributed by atoms with E-state index in [-0.39, 0.29) is 12.6 Å². The fourth-order valence-electron chi connectivity index (χ4n) is 1.96. The first-order chi connectivity index (χ1) is 10.6. The average molecular weight is 320 g/mol. The zero-order valence-corrected chi connectivity index (χ0v) is 13.5. The van der Waals surface area contributed by atoms with E-state index in [1.54, 1.807) is 25.5 Å². The number of carbonyl (C=O) groups excluding carboxylic acids is 1. The van der Waals surface area contributed by atoms with Crippen molar-refractivity contribution in [3.8, 4) is 16.9 Å². The molecule has 2 rings (SSSR count). The topological polar surface area (TPSA) is 61.8 Å². The van der Waals surface area contributed by atoms with E-state index in [0.29, 0.717) is 13.1 Å². The molecule has 2 aromatic rings. The molecule has 0 aliphatic rings. The summed E-state index contributed by atoms with van der Waals surface area (Å²) in [4.78, 5) is 14.3. The van der Waals surface area contributed by atoms with Crippen LogP contribution in [0.5, 0.6) is 5.75 Å². The standard InChI is InChI=1S/C16H20N2O3S/c1-18(7-8-19)16(20)17-10-15-9-13(11-22-15)12-3-5-14(21-2)6-4-12/h3-6,9,11,19H,7-8,10H2,1-2H3,(H,17,20). The number of nitrogens with one attached hydrogen (secondary N) is 1. The highest BCUT2D eigenvalue weighted by atomic mass is 32.1. The number of nitrogens with zero attached hydrogens (tertiary/aromatic N) is 1. The molecule has 0 spiro atoms. The Hall–Kier alpha value is -2.05. The number of aliphatic hydroxyl groups excluding tert-OH is 1. The van der Waals surface area contributed by atoms with Crippen molar-refractivity contribution in [2.45, 2.75) is 6.54 Å². The highest BCUT2D eigenvalue weighted by Crippen LogP contribution is 2.27. The number of likely N-dealkylation sites (N-methyl/N-ethyl adjacent to an activating group) is 1. The summed E-state index contributed by atoms with van der Waals surface area (Å²) in [6.07, 6.45) is 0. The Morgan fingerprint density at radius 1 is 1.32 bits per heavy atom. The first-order valence-corrected chi connectivity index (χ1v) is 7.83. The number of benzene rings is 1. The van der Waals surface area contributed by atoms with Crippen LogP contribution in [-0.2, 0) is 6.54 Å². The Bertz CT molecular complexity index is 610. The normalized spacial score (nSPS) is 10.3. The first-order valence-electron chi connectivity index (χ1n) is 6.95. The lowest BCUT2D eigenvalue weighted by atomic mass is 10.1. The maximum atomic E-state index is 11.7. The van der Waals surface area contributed by atoms with Gasteiger partial charge in [0.15, 0.2) is 0 Å². The molecular weight excluding hydrogens is 300 g/mol. The van der Waals surface area contributed by atoms with Gasteiger partial charge in [-0.15, -0.1) is 11.3 Å². The fraction of sp³-hybridized carbons (Fsp3) is 0.312. The highest BCUT2D eigenvalue weighted by molar-refractivity contribution is 7.10. The van der Waals surface area contributed by atoms with Crippen molar-refractivity contribution in [2.75, 3.05) is 27.3 Å². The van der Waals surface area contributed by atoms with Crippen LogP contribution in [0.2, 0.25) is 0 Å². The number of aliphatic hydroxyl groups is 1. The summed E-state index contributed by atoms with van der Waals surface area (Å²) >= 11 is 1.61. The van der Waals surface area contributed by atoms with Crippen molar-refractivity contribution >= 4 is 17.4 Å². The summed E-state index contributed by atoms with van der Waals surface area (Å²) in [6.45, 7) is 0.771.